The third-order valence-electron chi connectivity index (χ3n) is 1.83. The molecule has 0 spiro atoms. The standard InChI is InChI=1S/C9H21O3P/c1-6-8(3)11-13(10-5)12-9(4)7-2/h8-9H,6-7H2,1-5H3. The third-order valence-corrected chi connectivity index (χ3v) is 3.19. The molecule has 0 amide bonds. The first kappa shape index (κ1) is 13.3. The lowest BCUT2D eigenvalue weighted by Crippen LogP contribution is -2.09. The van der Waals surface area contributed by atoms with Crippen molar-refractivity contribution in [3.8, 4) is 0 Å². The Morgan fingerprint density at radius 3 is 1.62 bits per heavy atom. The summed E-state index contributed by atoms with van der Waals surface area (Å²) in [5.41, 5.74) is 0. The third kappa shape index (κ3) is 6.39. The van der Waals surface area contributed by atoms with Crippen LogP contribution in [0.5, 0.6) is 0 Å². The fourth-order valence-corrected chi connectivity index (χ4v) is 1.66. The first-order valence-corrected chi connectivity index (χ1v) is 5.91. The summed E-state index contributed by atoms with van der Waals surface area (Å²) in [6.07, 6.45) is 2.36. The summed E-state index contributed by atoms with van der Waals surface area (Å²) < 4.78 is 16.2. The van der Waals surface area contributed by atoms with E-state index in [9.17, 15) is 0 Å². The summed E-state index contributed by atoms with van der Waals surface area (Å²) in [5.74, 6) is 0. The maximum Gasteiger partial charge on any atom is 0.332 e. The first-order valence-electron chi connectivity index (χ1n) is 4.81. The van der Waals surface area contributed by atoms with Gasteiger partial charge < -0.3 is 13.6 Å². The summed E-state index contributed by atoms with van der Waals surface area (Å²) in [6.45, 7) is 8.21. The second-order valence-corrected chi connectivity index (χ2v) is 4.29. The predicted molar refractivity (Wildman–Crippen MR) is 55.6 cm³/mol. The number of hydrogen-bond acceptors (Lipinski definition) is 3. The van der Waals surface area contributed by atoms with Crippen LogP contribution in [-0.2, 0) is 13.6 Å². The van der Waals surface area contributed by atoms with E-state index in [0.29, 0.717) is 0 Å². The number of rotatable bonds is 7. The molecule has 0 aromatic heterocycles. The Balaban J connectivity index is 3.74. The molecule has 0 aliphatic heterocycles. The highest BCUT2D eigenvalue weighted by Crippen LogP contribution is 2.42. The molecule has 2 atom stereocenters. The highest BCUT2D eigenvalue weighted by molar-refractivity contribution is 7.41. The van der Waals surface area contributed by atoms with Crippen molar-refractivity contribution in [3.05, 3.63) is 0 Å². The zero-order valence-electron chi connectivity index (χ0n) is 9.24. The average molecular weight is 208 g/mol. The minimum absolute atomic E-state index is 0.204. The molecule has 0 N–H and O–H groups in total. The van der Waals surface area contributed by atoms with Crippen molar-refractivity contribution in [2.45, 2.75) is 52.7 Å². The van der Waals surface area contributed by atoms with Crippen LogP contribution in [0.2, 0.25) is 0 Å². The van der Waals surface area contributed by atoms with Crippen LogP contribution in [0, 0.1) is 0 Å². The average Bonchev–Trinajstić information content (AvgIpc) is 2.16. The lowest BCUT2D eigenvalue weighted by molar-refractivity contribution is 0.109. The highest BCUT2D eigenvalue weighted by Gasteiger charge is 2.16. The van der Waals surface area contributed by atoms with Crippen molar-refractivity contribution in [1.29, 1.82) is 0 Å². The minimum atomic E-state index is -1.15. The van der Waals surface area contributed by atoms with Gasteiger partial charge in [0.2, 0.25) is 0 Å². The van der Waals surface area contributed by atoms with Crippen LogP contribution < -0.4 is 0 Å². The normalized spacial score (nSPS) is 18.2. The molecule has 0 aliphatic carbocycles. The molecule has 13 heavy (non-hydrogen) atoms. The summed E-state index contributed by atoms with van der Waals surface area (Å²) >= 11 is 0. The lowest BCUT2D eigenvalue weighted by atomic mass is 10.3. The van der Waals surface area contributed by atoms with Crippen molar-refractivity contribution in [1.82, 2.24) is 0 Å². The molecular formula is C9H21O3P. The first-order chi connectivity index (χ1) is 6.13. The smallest absolute Gasteiger partial charge is 0.316 e. The van der Waals surface area contributed by atoms with Gasteiger partial charge in [-0.25, -0.2) is 0 Å². The molecule has 0 fully saturated rings. The molecule has 2 unspecified atom stereocenters. The lowest BCUT2D eigenvalue weighted by Gasteiger charge is -2.21. The Kier molecular flexibility index (Phi) is 7.87. The van der Waals surface area contributed by atoms with Crippen molar-refractivity contribution in [2.24, 2.45) is 0 Å². The van der Waals surface area contributed by atoms with Crippen LogP contribution >= 0.6 is 8.60 Å². The van der Waals surface area contributed by atoms with Gasteiger partial charge in [0.25, 0.3) is 0 Å². The van der Waals surface area contributed by atoms with E-state index in [1.54, 1.807) is 7.11 Å². The Morgan fingerprint density at radius 2 is 1.38 bits per heavy atom. The van der Waals surface area contributed by atoms with Crippen LogP contribution in [0.15, 0.2) is 0 Å². The second-order valence-electron chi connectivity index (χ2n) is 3.05. The largest absolute Gasteiger partial charge is 0.332 e. The summed E-state index contributed by atoms with van der Waals surface area (Å²) in [6, 6.07) is 0. The Bertz CT molecular complexity index is 109. The fraction of sp³-hybridized carbons (Fsp3) is 1.00. The van der Waals surface area contributed by atoms with Gasteiger partial charge in [-0.3, -0.25) is 0 Å². The van der Waals surface area contributed by atoms with Gasteiger partial charge in [0.05, 0.1) is 12.2 Å². The molecule has 4 heteroatoms. The molecule has 80 valence electrons. The zero-order chi connectivity index (χ0) is 10.3. The van der Waals surface area contributed by atoms with Crippen LogP contribution in [0.4, 0.5) is 0 Å². The summed E-state index contributed by atoms with van der Waals surface area (Å²) in [4.78, 5) is 0. The van der Waals surface area contributed by atoms with E-state index in [1.807, 2.05) is 13.8 Å². The molecule has 0 aromatic rings. The fourth-order valence-electron chi connectivity index (χ4n) is 0.554. The van der Waals surface area contributed by atoms with E-state index in [0.717, 1.165) is 12.8 Å². The summed E-state index contributed by atoms with van der Waals surface area (Å²) in [7, 11) is 0.473. The zero-order valence-corrected chi connectivity index (χ0v) is 10.1. The van der Waals surface area contributed by atoms with Gasteiger partial charge in [-0.05, 0) is 26.7 Å². The minimum Gasteiger partial charge on any atom is -0.316 e. The quantitative estimate of drug-likeness (QED) is 0.599. The van der Waals surface area contributed by atoms with Gasteiger partial charge in [0.15, 0.2) is 0 Å². The number of hydrogen-bond donors (Lipinski definition) is 0. The van der Waals surface area contributed by atoms with Gasteiger partial charge in [-0.15, -0.1) is 0 Å². The van der Waals surface area contributed by atoms with E-state index < -0.39 is 8.60 Å². The molecule has 0 radical (unpaired) electrons. The van der Waals surface area contributed by atoms with Crippen LogP contribution in [0.1, 0.15) is 40.5 Å². The molecule has 0 aliphatic rings. The van der Waals surface area contributed by atoms with Crippen molar-refractivity contribution in [2.75, 3.05) is 7.11 Å². The van der Waals surface area contributed by atoms with Gasteiger partial charge >= 0.3 is 8.60 Å². The molecule has 0 rings (SSSR count). The summed E-state index contributed by atoms with van der Waals surface area (Å²) in [5, 5.41) is 0. The van der Waals surface area contributed by atoms with E-state index >= 15 is 0 Å². The van der Waals surface area contributed by atoms with Crippen molar-refractivity contribution >= 4 is 8.60 Å². The molecular weight excluding hydrogens is 187 g/mol. The molecule has 0 saturated heterocycles. The molecule has 3 nitrogen and oxygen atoms in total. The van der Waals surface area contributed by atoms with Crippen molar-refractivity contribution < 1.29 is 13.6 Å². The Labute approximate surface area is 82.8 Å². The topological polar surface area (TPSA) is 27.7 Å². The monoisotopic (exact) mass is 208 g/mol. The van der Waals surface area contributed by atoms with Gasteiger partial charge in [-0.1, -0.05) is 13.8 Å². The van der Waals surface area contributed by atoms with Gasteiger partial charge in [0.1, 0.15) is 0 Å². The van der Waals surface area contributed by atoms with Crippen molar-refractivity contribution in [3.63, 3.8) is 0 Å². The van der Waals surface area contributed by atoms with E-state index in [-0.39, 0.29) is 12.2 Å². The van der Waals surface area contributed by atoms with Gasteiger partial charge in [-0.2, -0.15) is 0 Å². The molecule has 0 bridgehead atoms. The molecule has 0 aromatic carbocycles. The van der Waals surface area contributed by atoms with E-state index in [2.05, 4.69) is 13.8 Å². The SMILES string of the molecule is CCC(C)OP(OC)OC(C)CC. The van der Waals surface area contributed by atoms with Gasteiger partial charge in [0, 0.05) is 7.11 Å². The van der Waals surface area contributed by atoms with Crippen LogP contribution in [-0.4, -0.2) is 19.3 Å². The molecule has 0 heterocycles. The van der Waals surface area contributed by atoms with E-state index in [1.165, 1.54) is 0 Å². The Hall–Kier alpha value is 0.310. The predicted octanol–water partition coefficient (Wildman–Crippen LogP) is 3.49. The molecule has 0 saturated carbocycles. The maximum absolute atomic E-state index is 5.54. The van der Waals surface area contributed by atoms with E-state index in [4.69, 9.17) is 13.6 Å². The Morgan fingerprint density at radius 1 is 1.00 bits per heavy atom. The second kappa shape index (κ2) is 7.69. The van der Waals surface area contributed by atoms with Crippen LogP contribution in [0.25, 0.3) is 0 Å². The van der Waals surface area contributed by atoms with Crippen LogP contribution in [0.3, 0.4) is 0 Å². The maximum atomic E-state index is 5.54. The highest BCUT2D eigenvalue weighted by atomic mass is 31.2.